The Bertz CT molecular complexity index is 832. The van der Waals surface area contributed by atoms with Crippen molar-refractivity contribution in [2.45, 2.75) is 39.2 Å². The number of aromatic nitrogens is 2. The number of hydrogen-bond donors (Lipinski definition) is 0. The summed E-state index contributed by atoms with van der Waals surface area (Å²) in [6, 6.07) is 15.0. The van der Waals surface area contributed by atoms with E-state index in [-0.39, 0.29) is 5.75 Å². The van der Waals surface area contributed by atoms with Crippen LogP contribution in [0.2, 0.25) is 0 Å². The molecular weight excluding hydrogens is 346 g/mol. The third-order valence-corrected chi connectivity index (χ3v) is 4.31. The topological polar surface area (TPSA) is 35.0 Å². The molecule has 3 nitrogen and oxygen atoms in total. The lowest BCUT2D eigenvalue weighted by Gasteiger charge is -2.07. The van der Waals surface area contributed by atoms with Gasteiger partial charge in [0.05, 0.1) is 0 Å². The summed E-state index contributed by atoms with van der Waals surface area (Å²) in [4.78, 5) is 8.89. The van der Waals surface area contributed by atoms with Crippen molar-refractivity contribution in [1.82, 2.24) is 9.97 Å². The number of benzene rings is 2. The Morgan fingerprint density at radius 2 is 1.33 bits per heavy atom. The maximum Gasteiger partial charge on any atom is 0.387 e. The molecule has 1 heterocycles. The minimum absolute atomic E-state index is 0.183. The number of rotatable bonds is 8. The summed E-state index contributed by atoms with van der Waals surface area (Å²) in [7, 11) is 0. The first-order chi connectivity index (χ1) is 13.1. The number of ether oxygens (including phenoxy) is 1. The van der Waals surface area contributed by atoms with Crippen LogP contribution in [0.15, 0.2) is 60.9 Å². The van der Waals surface area contributed by atoms with E-state index in [1.807, 2.05) is 36.7 Å². The molecule has 0 aliphatic heterocycles. The Hall–Kier alpha value is -2.82. The quantitative estimate of drug-likeness (QED) is 0.528. The van der Waals surface area contributed by atoms with Crippen molar-refractivity contribution in [3.63, 3.8) is 0 Å². The van der Waals surface area contributed by atoms with Gasteiger partial charge in [0.1, 0.15) is 5.75 Å². The van der Waals surface area contributed by atoms with E-state index in [9.17, 15) is 8.78 Å². The molecule has 5 heteroatoms. The first-order valence-electron chi connectivity index (χ1n) is 9.08. The zero-order valence-electron chi connectivity index (χ0n) is 15.2. The van der Waals surface area contributed by atoms with E-state index >= 15 is 0 Å². The van der Waals surface area contributed by atoms with Crippen molar-refractivity contribution in [3.05, 3.63) is 77.6 Å². The van der Waals surface area contributed by atoms with E-state index in [4.69, 9.17) is 0 Å². The molecule has 0 bridgehead atoms. The van der Waals surface area contributed by atoms with Crippen LogP contribution in [0.3, 0.4) is 0 Å². The Morgan fingerprint density at radius 3 is 1.85 bits per heavy atom. The molecule has 3 aromatic rings. The molecule has 1 aromatic heterocycles. The molecule has 2 aromatic carbocycles. The standard InChI is InChI=1S/C22H22F2N2O/c1-2-3-18-14-25-21(26-15-18)19-10-6-16(7-11-19)4-5-17-8-12-20(13-9-17)27-22(23)24/h6-15,22H,2-5H2,1H3. The van der Waals surface area contributed by atoms with Crippen LogP contribution in [0.5, 0.6) is 5.75 Å². The van der Waals surface area contributed by atoms with Crippen LogP contribution in [-0.4, -0.2) is 16.6 Å². The smallest absolute Gasteiger partial charge is 0.387 e. The van der Waals surface area contributed by atoms with E-state index in [0.717, 1.165) is 48.2 Å². The predicted molar refractivity (Wildman–Crippen MR) is 102 cm³/mol. The highest BCUT2D eigenvalue weighted by Crippen LogP contribution is 2.19. The molecule has 27 heavy (non-hydrogen) atoms. The van der Waals surface area contributed by atoms with Crippen molar-refractivity contribution in [3.8, 4) is 17.1 Å². The molecular formula is C22H22F2N2O. The Labute approximate surface area is 158 Å². The molecule has 0 fully saturated rings. The van der Waals surface area contributed by atoms with Gasteiger partial charge in [0.2, 0.25) is 0 Å². The fraction of sp³-hybridized carbons (Fsp3) is 0.273. The largest absolute Gasteiger partial charge is 0.435 e. The summed E-state index contributed by atoms with van der Waals surface area (Å²) in [5, 5.41) is 0. The second-order valence-corrected chi connectivity index (χ2v) is 6.38. The summed E-state index contributed by atoms with van der Waals surface area (Å²) >= 11 is 0. The van der Waals surface area contributed by atoms with E-state index in [1.165, 1.54) is 5.56 Å². The highest BCUT2D eigenvalue weighted by Gasteiger charge is 2.05. The van der Waals surface area contributed by atoms with Crippen molar-refractivity contribution in [2.24, 2.45) is 0 Å². The average Bonchev–Trinajstić information content (AvgIpc) is 2.68. The normalized spacial score (nSPS) is 11.0. The zero-order chi connectivity index (χ0) is 19.1. The minimum Gasteiger partial charge on any atom is -0.435 e. The number of nitrogens with zero attached hydrogens (tertiary/aromatic N) is 2. The number of alkyl halides is 2. The number of hydrogen-bond acceptors (Lipinski definition) is 3. The van der Waals surface area contributed by atoms with Gasteiger partial charge < -0.3 is 4.74 Å². The monoisotopic (exact) mass is 368 g/mol. The van der Waals surface area contributed by atoms with Crippen LogP contribution in [-0.2, 0) is 19.3 Å². The molecule has 0 spiro atoms. The highest BCUT2D eigenvalue weighted by atomic mass is 19.3. The first-order valence-corrected chi connectivity index (χ1v) is 9.08. The first kappa shape index (κ1) is 19.0. The molecule has 0 radical (unpaired) electrons. The number of aryl methyl sites for hydroxylation is 3. The van der Waals surface area contributed by atoms with Gasteiger partial charge in [0, 0.05) is 18.0 Å². The summed E-state index contributed by atoms with van der Waals surface area (Å²) in [5.74, 6) is 0.916. The van der Waals surface area contributed by atoms with Crippen LogP contribution in [0.25, 0.3) is 11.4 Å². The predicted octanol–water partition coefficient (Wildman–Crippen LogP) is 5.48. The van der Waals surface area contributed by atoms with Gasteiger partial charge in [-0.25, -0.2) is 9.97 Å². The Kier molecular flexibility index (Phi) is 6.47. The molecule has 0 N–H and O–H groups in total. The third kappa shape index (κ3) is 5.58. The van der Waals surface area contributed by atoms with Gasteiger partial charge in [-0.05, 0) is 48.1 Å². The molecule has 0 unspecified atom stereocenters. The highest BCUT2D eigenvalue weighted by molar-refractivity contribution is 5.55. The van der Waals surface area contributed by atoms with Crippen LogP contribution >= 0.6 is 0 Å². The van der Waals surface area contributed by atoms with Gasteiger partial charge in [-0.3, -0.25) is 0 Å². The van der Waals surface area contributed by atoms with Crippen LogP contribution in [0.1, 0.15) is 30.0 Å². The molecule has 3 rings (SSSR count). The van der Waals surface area contributed by atoms with Gasteiger partial charge in [0.15, 0.2) is 5.82 Å². The van der Waals surface area contributed by atoms with Gasteiger partial charge >= 0.3 is 6.61 Å². The van der Waals surface area contributed by atoms with E-state index in [1.54, 1.807) is 12.1 Å². The summed E-state index contributed by atoms with van der Waals surface area (Å²) in [6.07, 6.45) is 7.55. The van der Waals surface area contributed by atoms with E-state index in [0.29, 0.717) is 0 Å². The summed E-state index contributed by atoms with van der Waals surface area (Å²) < 4.78 is 28.7. The maximum atomic E-state index is 12.2. The van der Waals surface area contributed by atoms with Crippen molar-refractivity contribution in [2.75, 3.05) is 0 Å². The van der Waals surface area contributed by atoms with Crippen molar-refractivity contribution in [1.29, 1.82) is 0 Å². The van der Waals surface area contributed by atoms with Crippen molar-refractivity contribution >= 4 is 0 Å². The molecule has 0 saturated carbocycles. The SMILES string of the molecule is CCCc1cnc(-c2ccc(CCc3ccc(OC(F)F)cc3)cc2)nc1. The average molecular weight is 368 g/mol. The maximum absolute atomic E-state index is 12.2. The molecule has 0 amide bonds. The molecule has 0 aliphatic carbocycles. The Morgan fingerprint density at radius 1 is 0.778 bits per heavy atom. The van der Waals surface area contributed by atoms with Crippen LogP contribution in [0, 0.1) is 0 Å². The van der Waals surface area contributed by atoms with Gasteiger partial charge in [0.25, 0.3) is 0 Å². The second-order valence-electron chi connectivity index (χ2n) is 6.38. The molecule has 0 aliphatic rings. The minimum atomic E-state index is -2.79. The number of halogens is 2. The summed E-state index contributed by atoms with van der Waals surface area (Å²) in [5.41, 5.74) is 4.43. The second kappa shape index (κ2) is 9.21. The fourth-order valence-corrected chi connectivity index (χ4v) is 2.87. The fourth-order valence-electron chi connectivity index (χ4n) is 2.87. The lowest BCUT2D eigenvalue weighted by atomic mass is 10.0. The third-order valence-electron chi connectivity index (χ3n) is 4.31. The van der Waals surface area contributed by atoms with Crippen molar-refractivity contribution < 1.29 is 13.5 Å². The lowest BCUT2D eigenvalue weighted by molar-refractivity contribution is -0.0498. The zero-order valence-corrected chi connectivity index (χ0v) is 15.2. The van der Waals surface area contributed by atoms with Crippen LogP contribution in [0.4, 0.5) is 8.78 Å². The molecule has 0 atom stereocenters. The van der Waals surface area contributed by atoms with Gasteiger partial charge in [-0.2, -0.15) is 8.78 Å². The van der Waals surface area contributed by atoms with Gasteiger partial charge in [-0.1, -0.05) is 49.7 Å². The molecule has 140 valence electrons. The van der Waals surface area contributed by atoms with Crippen LogP contribution < -0.4 is 4.74 Å². The van der Waals surface area contributed by atoms with Gasteiger partial charge in [-0.15, -0.1) is 0 Å². The lowest BCUT2D eigenvalue weighted by Crippen LogP contribution is -2.01. The summed E-state index contributed by atoms with van der Waals surface area (Å²) in [6.45, 7) is -0.653. The van der Waals surface area contributed by atoms with E-state index in [2.05, 4.69) is 33.8 Å². The Balaban J connectivity index is 1.57. The van der Waals surface area contributed by atoms with E-state index < -0.39 is 6.61 Å². The molecule has 0 saturated heterocycles.